The number of hydrogen-bond acceptors (Lipinski definition) is 3. The number of hydrogen-bond donors (Lipinski definition) is 0. The Morgan fingerprint density at radius 2 is 1.45 bits per heavy atom. The lowest BCUT2D eigenvalue weighted by Crippen LogP contribution is -2.40. The van der Waals surface area contributed by atoms with Gasteiger partial charge in [-0.15, -0.1) is 0 Å². The maximum Gasteiger partial charge on any atom is 0.352 e. The highest BCUT2D eigenvalue weighted by Gasteiger charge is 2.64. The molecule has 1 saturated carbocycles. The Kier molecular flexibility index (Phi) is 1.98. The first-order chi connectivity index (χ1) is 10.7. The molecule has 6 nitrogen and oxygen atoms in total. The number of aromatic nitrogens is 3. The Morgan fingerprint density at radius 3 is 1.95 bits per heavy atom. The molecule has 2 aliphatic heterocycles. The standard InChI is InChI=1S/C16H12N4O2/c17-8-10-13-11-6-7-12(14(10)13)20-16(22)18(15(21)19(11)20)9-4-2-1-3-5-9/h1-7,10-14H/t10?,11-,12+,13-,14-/m1/s1. The van der Waals surface area contributed by atoms with E-state index in [-0.39, 0.29) is 41.2 Å². The number of benzene rings is 1. The van der Waals surface area contributed by atoms with Crippen molar-refractivity contribution in [2.75, 3.05) is 0 Å². The third-order valence-electron chi connectivity index (χ3n) is 5.16. The largest absolute Gasteiger partial charge is 0.352 e. The van der Waals surface area contributed by atoms with E-state index < -0.39 is 0 Å². The van der Waals surface area contributed by atoms with Gasteiger partial charge in [0.2, 0.25) is 0 Å². The van der Waals surface area contributed by atoms with Gasteiger partial charge >= 0.3 is 11.4 Å². The topological polar surface area (TPSA) is 72.7 Å². The lowest BCUT2D eigenvalue weighted by Gasteiger charge is -2.32. The van der Waals surface area contributed by atoms with Gasteiger partial charge in [0.15, 0.2) is 0 Å². The second-order valence-corrected chi connectivity index (χ2v) is 6.10. The van der Waals surface area contributed by atoms with E-state index >= 15 is 0 Å². The first-order valence-electron chi connectivity index (χ1n) is 7.33. The molecule has 4 aliphatic rings. The van der Waals surface area contributed by atoms with Gasteiger partial charge in [-0.1, -0.05) is 30.4 Å². The van der Waals surface area contributed by atoms with E-state index in [2.05, 4.69) is 6.07 Å². The van der Waals surface area contributed by atoms with Crippen LogP contribution in [0, 0.1) is 29.1 Å². The number of nitriles is 1. The van der Waals surface area contributed by atoms with Crippen molar-refractivity contribution in [3.8, 4) is 11.8 Å². The van der Waals surface area contributed by atoms with E-state index in [1.807, 2.05) is 18.2 Å². The molecule has 0 amide bonds. The Balaban J connectivity index is 1.78. The molecule has 1 aromatic carbocycles. The van der Waals surface area contributed by atoms with E-state index in [0.29, 0.717) is 5.69 Å². The fourth-order valence-electron chi connectivity index (χ4n) is 4.20. The molecule has 1 fully saturated rings. The smallest absolute Gasteiger partial charge is 0.245 e. The van der Waals surface area contributed by atoms with Crippen LogP contribution >= 0.6 is 0 Å². The van der Waals surface area contributed by atoms with Crippen molar-refractivity contribution in [3.63, 3.8) is 0 Å². The molecule has 0 spiro atoms. The maximum atomic E-state index is 12.8. The van der Waals surface area contributed by atoms with E-state index in [4.69, 9.17) is 0 Å². The lowest BCUT2D eigenvalue weighted by atomic mass is 9.96. The molecule has 0 N–H and O–H groups in total. The predicted molar refractivity (Wildman–Crippen MR) is 77.6 cm³/mol. The van der Waals surface area contributed by atoms with E-state index in [1.165, 1.54) is 4.57 Å². The van der Waals surface area contributed by atoms with E-state index in [9.17, 15) is 14.9 Å². The SMILES string of the molecule is N#CC1[C@H]2[C@H]1[C@@H]1C=C[C@H]2n2c(=O)n(-c3ccccc3)c(=O)n21. The Bertz CT molecular complexity index is 921. The van der Waals surface area contributed by atoms with Crippen molar-refractivity contribution >= 4 is 0 Å². The highest BCUT2D eigenvalue weighted by molar-refractivity contribution is 5.33. The molecule has 6 rings (SSSR count). The first kappa shape index (κ1) is 11.8. The second kappa shape index (κ2) is 3.69. The molecule has 2 aromatic rings. The van der Waals surface area contributed by atoms with Gasteiger partial charge in [0, 0.05) is 11.8 Å². The zero-order valence-corrected chi connectivity index (χ0v) is 11.5. The quantitative estimate of drug-likeness (QED) is 0.732. The number of allylic oxidation sites excluding steroid dienone is 2. The minimum Gasteiger partial charge on any atom is -0.245 e. The zero-order chi connectivity index (χ0) is 15.0. The van der Waals surface area contributed by atoms with Gasteiger partial charge in [-0.2, -0.15) is 5.26 Å². The average molecular weight is 292 g/mol. The normalized spacial score (nSPS) is 33.1. The summed E-state index contributed by atoms with van der Waals surface area (Å²) >= 11 is 0. The summed E-state index contributed by atoms with van der Waals surface area (Å²) < 4.78 is 4.30. The molecule has 2 bridgehead atoms. The fraction of sp³-hybridized carbons (Fsp3) is 0.312. The molecular formula is C16H12N4O2. The zero-order valence-electron chi connectivity index (χ0n) is 11.5. The van der Waals surface area contributed by atoms with Crippen LogP contribution in [-0.2, 0) is 0 Å². The molecule has 0 radical (unpaired) electrons. The number of para-hydroxylation sites is 1. The third kappa shape index (κ3) is 1.17. The van der Waals surface area contributed by atoms with E-state index in [1.54, 1.807) is 33.6 Å². The minimum atomic E-state index is -0.322. The van der Waals surface area contributed by atoms with Crippen molar-refractivity contribution in [2.24, 2.45) is 17.8 Å². The van der Waals surface area contributed by atoms with Crippen molar-refractivity contribution in [2.45, 2.75) is 12.1 Å². The summed E-state index contributed by atoms with van der Waals surface area (Å²) in [5.41, 5.74) is -0.0630. The van der Waals surface area contributed by atoms with Crippen LogP contribution in [0.1, 0.15) is 12.1 Å². The fourth-order valence-corrected chi connectivity index (χ4v) is 4.20. The summed E-state index contributed by atoms with van der Waals surface area (Å²) in [6.45, 7) is 0. The second-order valence-electron chi connectivity index (χ2n) is 6.10. The minimum absolute atomic E-state index is 0.0543. The molecule has 1 aromatic heterocycles. The average Bonchev–Trinajstić information content (AvgIpc) is 3.25. The van der Waals surface area contributed by atoms with Gasteiger partial charge in [0.05, 0.1) is 29.8 Å². The molecule has 2 aliphatic carbocycles. The van der Waals surface area contributed by atoms with Crippen molar-refractivity contribution < 1.29 is 0 Å². The molecule has 108 valence electrons. The summed E-state index contributed by atoms with van der Waals surface area (Å²) in [5, 5.41) is 9.23. The molecule has 22 heavy (non-hydrogen) atoms. The van der Waals surface area contributed by atoms with Crippen LogP contribution < -0.4 is 11.4 Å². The summed E-state index contributed by atoms with van der Waals surface area (Å²) in [5.74, 6) is 0.286. The van der Waals surface area contributed by atoms with Crippen LogP contribution in [0.25, 0.3) is 5.69 Å². The summed E-state index contributed by atoms with van der Waals surface area (Å²) in [7, 11) is 0. The number of nitrogens with zero attached hydrogens (tertiary/aromatic N) is 4. The van der Waals surface area contributed by atoms with E-state index in [0.717, 1.165) is 0 Å². The monoisotopic (exact) mass is 292 g/mol. The molecule has 0 saturated heterocycles. The molecule has 3 heterocycles. The van der Waals surface area contributed by atoms with Crippen LogP contribution in [0.3, 0.4) is 0 Å². The van der Waals surface area contributed by atoms with Crippen LogP contribution in [0.5, 0.6) is 0 Å². The Hall–Kier alpha value is -2.81. The van der Waals surface area contributed by atoms with Crippen LogP contribution in [0.15, 0.2) is 52.1 Å². The predicted octanol–water partition coefficient (Wildman–Crippen LogP) is 0.852. The highest BCUT2D eigenvalue weighted by atomic mass is 16.2. The third-order valence-corrected chi connectivity index (χ3v) is 5.16. The summed E-state index contributed by atoms with van der Waals surface area (Å²) in [4.78, 5) is 25.5. The van der Waals surface area contributed by atoms with Crippen LogP contribution in [0.4, 0.5) is 0 Å². The lowest BCUT2D eigenvalue weighted by molar-refractivity contribution is 0.243. The van der Waals surface area contributed by atoms with Gasteiger partial charge in [-0.25, -0.2) is 23.5 Å². The molecule has 1 unspecified atom stereocenters. The van der Waals surface area contributed by atoms with Gasteiger partial charge in [0.1, 0.15) is 0 Å². The van der Waals surface area contributed by atoms with Gasteiger partial charge < -0.3 is 0 Å². The van der Waals surface area contributed by atoms with Crippen molar-refractivity contribution in [1.82, 2.24) is 13.9 Å². The maximum absolute atomic E-state index is 12.8. The first-order valence-corrected chi connectivity index (χ1v) is 7.33. The van der Waals surface area contributed by atoms with Gasteiger partial charge in [-0.05, 0) is 12.1 Å². The van der Waals surface area contributed by atoms with Crippen molar-refractivity contribution in [1.29, 1.82) is 5.26 Å². The molecule has 5 atom stereocenters. The van der Waals surface area contributed by atoms with Gasteiger partial charge in [-0.3, -0.25) is 0 Å². The Morgan fingerprint density at radius 1 is 0.909 bits per heavy atom. The van der Waals surface area contributed by atoms with Gasteiger partial charge in [0.25, 0.3) is 0 Å². The van der Waals surface area contributed by atoms with Crippen LogP contribution in [-0.4, -0.2) is 13.9 Å². The Labute approximate surface area is 125 Å². The summed E-state index contributed by atoms with van der Waals surface area (Å²) in [6, 6.07) is 10.9. The summed E-state index contributed by atoms with van der Waals surface area (Å²) in [6.07, 6.45) is 3.94. The highest BCUT2D eigenvalue weighted by Crippen LogP contribution is 2.62. The van der Waals surface area contributed by atoms with Crippen LogP contribution in [0.2, 0.25) is 0 Å². The van der Waals surface area contributed by atoms with Crippen molar-refractivity contribution in [3.05, 3.63) is 63.5 Å². The number of rotatable bonds is 1. The molecular weight excluding hydrogens is 280 g/mol. The molecule has 6 heteroatoms.